The van der Waals surface area contributed by atoms with Gasteiger partial charge in [-0.15, -0.1) is 0 Å². The molecule has 0 aliphatic carbocycles. The normalized spacial score (nSPS) is 11.6. The molecule has 1 unspecified atom stereocenters. The SMILES string of the molecule is Cc1ccc(C(N)CC(=O)O)cc1.N. The van der Waals surface area contributed by atoms with Crippen molar-refractivity contribution < 1.29 is 9.90 Å². The monoisotopic (exact) mass is 196 g/mol. The Morgan fingerprint density at radius 1 is 1.43 bits per heavy atom. The Bertz CT molecular complexity index is 295. The first-order valence-corrected chi connectivity index (χ1v) is 4.13. The van der Waals surface area contributed by atoms with Crippen LogP contribution in [0.15, 0.2) is 24.3 Å². The molecule has 0 radical (unpaired) electrons. The average molecular weight is 196 g/mol. The number of benzene rings is 1. The molecule has 6 N–H and O–H groups in total. The average Bonchev–Trinajstić information content (AvgIpc) is 2.04. The number of hydrogen-bond acceptors (Lipinski definition) is 3. The molecule has 1 aromatic carbocycles. The quantitative estimate of drug-likeness (QED) is 0.684. The van der Waals surface area contributed by atoms with Gasteiger partial charge in [0.2, 0.25) is 0 Å². The van der Waals surface area contributed by atoms with E-state index in [1.807, 2.05) is 31.2 Å². The molecule has 78 valence electrons. The molecule has 4 heteroatoms. The zero-order valence-electron chi connectivity index (χ0n) is 8.23. The largest absolute Gasteiger partial charge is 0.481 e. The number of carboxylic acids is 1. The maximum absolute atomic E-state index is 10.4. The Morgan fingerprint density at radius 3 is 2.36 bits per heavy atom. The number of hydrogen-bond donors (Lipinski definition) is 3. The van der Waals surface area contributed by atoms with E-state index in [1.165, 1.54) is 0 Å². The molecule has 0 saturated carbocycles. The highest BCUT2D eigenvalue weighted by molar-refractivity contribution is 5.67. The highest BCUT2D eigenvalue weighted by Gasteiger charge is 2.09. The summed E-state index contributed by atoms with van der Waals surface area (Å²) in [5.41, 5.74) is 7.68. The van der Waals surface area contributed by atoms with Crippen molar-refractivity contribution in [3.8, 4) is 0 Å². The van der Waals surface area contributed by atoms with E-state index < -0.39 is 12.0 Å². The molecule has 14 heavy (non-hydrogen) atoms. The van der Waals surface area contributed by atoms with E-state index in [9.17, 15) is 4.79 Å². The van der Waals surface area contributed by atoms with Crippen molar-refractivity contribution in [1.82, 2.24) is 6.15 Å². The fraction of sp³-hybridized carbons (Fsp3) is 0.300. The molecule has 0 saturated heterocycles. The summed E-state index contributed by atoms with van der Waals surface area (Å²) in [7, 11) is 0. The molecule has 0 aromatic heterocycles. The smallest absolute Gasteiger partial charge is 0.305 e. The highest BCUT2D eigenvalue weighted by atomic mass is 16.4. The van der Waals surface area contributed by atoms with Gasteiger partial charge in [0.05, 0.1) is 6.42 Å². The number of aliphatic carboxylic acids is 1. The second-order valence-corrected chi connectivity index (χ2v) is 3.12. The summed E-state index contributed by atoms with van der Waals surface area (Å²) < 4.78 is 0. The minimum Gasteiger partial charge on any atom is -0.481 e. The fourth-order valence-electron chi connectivity index (χ4n) is 1.12. The van der Waals surface area contributed by atoms with Crippen LogP contribution in [0.25, 0.3) is 0 Å². The van der Waals surface area contributed by atoms with Crippen molar-refractivity contribution in [2.45, 2.75) is 19.4 Å². The van der Waals surface area contributed by atoms with Gasteiger partial charge in [0, 0.05) is 6.04 Å². The van der Waals surface area contributed by atoms with Gasteiger partial charge in [-0.2, -0.15) is 0 Å². The van der Waals surface area contributed by atoms with Gasteiger partial charge >= 0.3 is 5.97 Å². The third kappa shape index (κ3) is 3.55. The molecule has 0 aliphatic heterocycles. The van der Waals surface area contributed by atoms with Crippen molar-refractivity contribution in [2.75, 3.05) is 0 Å². The van der Waals surface area contributed by atoms with E-state index in [4.69, 9.17) is 10.8 Å². The first kappa shape index (κ1) is 12.6. The van der Waals surface area contributed by atoms with E-state index in [0.29, 0.717) is 0 Å². The van der Waals surface area contributed by atoms with Gasteiger partial charge in [-0.05, 0) is 12.5 Å². The maximum Gasteiger partial charge on any atom is 0.305 e. The van der Waals surface area contributed by atoms with Crippen LogP contribution in [0, 0.1) is 6.92 Å². The lowest BCUT2D eigenvalue weighted by Gasteiger charge is -2.08. The Kier molecular flexibility index (Phi) is 4.83. The summed E-state index contributed by atoms with van der Waals surface area (Å²) in [5.74, 6) is -0.868. The zero-order valence-corrected chi connectivity index (χ0v) is 8.23. The minimum atomic E-state index is -0.868. The second kappa shape index (κ2) is 5.36. The van der Waals surface area contributed by atoms with Gasteiger partial charge in [-0.25, -0.2) is 0 Å². The van der Waals surface area contributed by atoms with Crippen molar-refractivity contribution in [3.05, 3.63) is 35.4 Å². The van der Waals surface area contributed by atoms with Gasteiger partial charge in [-0.3, -0.25) is 4.79 Å². The van der Waals surface area contributed by atoms with Crippen LogP contribution in [-0.2, 0) is 4.79 Å². The predicted octanol–water partition coefficient (Wildman–Crippen LogP) is 1.63. The van der Waals surface area contributed by atoms with E-state index in [-0.39, 0.29) is 12.6 Å². The third-order valence-electron chi connectivity index (χ3n) is 1.90. The molecular weight excluding hydrogens is 180 g/mol. The standard InChI is InChI=1S/C10H13NO2.H3N/c1-7-2-4-8(5-3-7)9(11)6-10(12)13;/h2-5,9H,6,11H2,1H3,(H,12,13);1H3. The van der Waals surface area contributed by atoms with Crippen molar-refractivity contribution in [1.29, 1.82) is 0 Å². The topological polar surface area (TPSA) is 98.3 Å². The van der Waals surface area contributed by atoms with E-state index in [2.05, 4.69) is 0 Å². The number of nitrogens with two attached hydrogens (primary N) is 1. The van der Waals surface area contributed by atoms with Crippen LogP contribution < -0.4 is 11.9 Å². The summed E-state index contributed by atoms with van der Waals surface area (Å²) in [4.78, 5) is 10.4. The summed E-state index contributed by atoms with van der Waals surface area (Å²) in [6, 6.07) is 7.18. The molecule has 1 aromatic rings. The van der Waals surface area contributed by atoms with Crippen LogP contribution in [0.4, 0.5) is 0 Å². The molecule has 0 spiro atoms. The van der Waals surface area contributed by atoms with Gasteiger partial charge in [0.1, 0.15) is 0 Å². The molecule has 0 fully saturated rings. The molecule has 0 heterocycles. The third-order valence-corrected chi connectivity index (χ3v) is 1.90. The molecule has 0 amide bonds. The van der Waals surface area contributed by atoms with Crippen LogP contribution in [0.5, 0.6) is 0 Å². The Hall–Kier alpha value is -1.39. The summed E-state index contributed by atoms with van der Waals surface area (Å²) in [6.45, 7) is 1.98. The molecule has 0 aliphatic rings. The Labute approximate surface area is 83.3 Å². The van der Waals surface area contributed by atoms with E-state index >= 15 is 0 Å². The second-order valence-electron chi connectivity index (χ2n) is 3.12. The fourth-order valence-corrected chi connectivity index (χ4v) is 1.12. The Balaban J connectivity index is 0.00000169. The lowest BCUT2D eigenvalue weighted by Crippen LogP contribution is -2.14. The molecular formula is C10H16N2O2. The van der Waals surface area contributed by atoms with Crippen LogP contribution >= 0.6 is 0 Å². The number of aryl methyl sites for hydroxylation is 1. The predicted molar refractivity (Wildman–Crippen MR) is 55.4 cm³/mol. The lowest BCUT2D eigenvalue weighted by molar-refractivity contribution is -0.137. The highest BCUT2D eigenvalue weighted by Crippen LogP contribution is 2.14. The van der Waals surface area contributed by atoms with Crippen molar-refractivity contribution >= 4 is 5.97 Å². The number of carbonyl (C=O) groups is 1. The zero-order chi connectivity index (χ0) is 9.84. The molecule has 1 atom stereocenters. The molecule has 4 nitrogen and oxygen atoms in total. The van der Waals surface area contributed by atoms with Crippen molar-refractivity contribution in [2.24, 2.45) is 5.73 Å². The van der Waals surface area contributed by atoms with Crippen LogP contribution in [-0.4, -0.2) is 11.1 Å². The lowest BCUT2D eigenvalue weighted by atomic mass is 10.0. The van der Waals surface area contributed by atoms with E-state index in [1.54, 1.807) is 0 Å². The summed E-state index contributed by atoms with van der Waals surface area (Å²) >= 11 is 0. The number of rotatable bonds is 3. The van der Waals surface area contributed by atoms with Crippen molar-refractivity contribution in [3.63, 3.8) is 0 Å². The summed E-state index contributed by atoms with van der Waals surface area (Å²) in [6.07, 6.45) is -0.0247. The van der Waals surface area contributed by atoms with Gasteiger partial charge < -0.3 is 17.0 Å². The van der Waals surface area contributed by atoms with Gasteiger partial charge in [0.15, 0.2) is 0 Å². The minimum absolute atomic E-state index is 0. The van der Waals surface area contributed by atoms with Crippen LogP contribution in [0.2, 0.25) is 0 Å². The first-order valence-electron chi connectivity index (χ1n) is 4.13. The molecule has 1 rings (SSSR count). The maximum atomic E-state index is 10.4. The summed E-state index contributed by atoms with van der Waals surface area (Å²) in [5, 5.41) is 8.52. The molecule has 0 bridgehead atoms. The Morgan fingerprint density at radius 2 is 1.93 bits per heavy atom. The number of carboxylic acid groups (broad SMARTS) is 1. The van der Waals surface area contributed by atoms with Gasteiger partial charge in [-0.1, -0.05) is 29.8 Å². The van der Waals surface area contributed by atoms with Crippen LogP contribution in [0.1, 0.15) is 23.6 Å². The van der Waals surface area contributed by atoms with Gasteiger partial charge in [0.25, 0.3) is 0 Å². The van der Waals surface area contributed by atoms with Crippen LogP contribution in [0.3, 0.4) is 0 Å². The first-order chi connectivity index (χ1) is 6.09. The van der Waals surface area contributed by atoms with E-state index in [0.717, 1.165) is 11.1 Å².